The van der Waals surface area contributed by atoms with Crippen LogP contribution >= 0.6 is 0 Å². The van der Waals surface area contributed by atoms with E-state index in [1.54, 1.807) is 14.2 Å². The zero-order valence-corrected chi connectivity index (χ0v) is 20.1. The van der Waals surface area contributed by atoms with Crippen molar-refractivity contribution in [3.05, 3.63) is 62.1 Å². The molecule has 0 unspecified atom stereocenters. The van der Waals surface area contributed by atoms with E-state index in [1.807, 2.05) is 42.5 Å². The van der Waals surface area contributed by atoms with Crippen LogP contribution in [-0.2, 0) is 24.9 Å². The van der Waals surface area contributed by atoms with Gasteiger partial charge in [0.05, 0.1) is 26.9 Å². The van der Waals surface area contributed by atoms with E-state index in [0.29, 0.717) is 49.8 Å². The number of rotatable bonds is 6. The normalized spacial score (nSPS) is 14.9. The highest BCUT2D eigenvalue weighted by Gasteiger charge is 2.23. The second kappa shape index (κ2) is 8.77. The number of aryl methyl sites for hydroxylation is 2. The Bertz CT molecular complexity index is 1470. The van der Waals surface area contributed by atoms with Gasteiger partial charge >= 0.3 is 5.69 Å². The summed E-state index contributed by atoms with van der Waals surface area (Å²) in [7, 11) is 3.32. The van der Waals surface area contributed by atoms with Crippen LogP contribution in [0.1, 0.15) is 17.0 Å². The van der Waals surface area contributed by atoms with Crippen LogP contribution in [0.15, 0.2) is 33.9 Å². The fourth-order valence-electron chi connectivity index (χ4n) is 4.68. The van der Waals surface area contributed by atoms with Crippen molar-refractivity contribution >= 4 is 16.9 Å². The molecule has 4 aromatic rings. The quantitative estimate of drug-likeness (QED) is 0.424. The predicted octanol–water partition coefficient (Wildman–Crippen LogP) is 1.16. The van der Waals surface area contributed by atoms with Crippen molar-refractivity contribution in [1.29, 1.82) is 0 Å². The highest BCUT2D eigenvalue weighted by atomic mass is 16.5. The third kappa shape index (κ3) is 3.63. The van der Waals surface area contributed by atoms with E-state index < -0.39 is 0 Å². The van der Waals surface area contributed by atoms with Crippen LogP contribution < -0.4 is 16.0 Å². The molecule has 34 heavy (non-hydrogen) atoms. The van der Waals surface area contributed by atoms with Crippen molar-refractivity contribution in [2.75, 3.05) is 40.0 Å². The highest BCUT2D eigenvalue weighted by Crippen LogP contribution is 2.22. The molecule has 1 fully saturated rings. The summed E-state index contributed by atoms with van der Waals surface area (Å²) in [6, 6.07) is 7.89. The van der Waals surface area contributed by atoms with Crippen molar-refractivity contribution in [2.45, 2.75) is 26.9 Å². The molecule has 0 N–H and O–H groups in total. The SMILES string of the molecule is COc1ccc(Cn2c(C)c(C)n3c4c(=O)n(CCN5CCOCC5)c(=O)n(C)c4nc23)cc1. The summed E-state index contributed by atoms with van der Waals surface area (Å²) in [6.07, 6.45) is 0. The van der Waals surface area contributed by atoms with Crippen LogP contribution in [0.25, 0.3) is 16.9 Å². The number of benzene rings is 1. The highest BCUT2D eigenvalue weighted by molar-refractivity contribution is 5.76. The van der Waals surface area contributed by atoms with E-state index in [4.69, 9.17) is 14.5 Å². The minimum absolute atomic E-state index is 0.302. The lowest BCUT2D eigenvalue weighted by atomic mass is 10.2. The number of aromatic nitrogens is 5. The monoisotopic (exact) mass is 466 g/mol. The van der Waals surface area contributed by atoms with E-state index >= 15 is 0 Å². The maximum atomic E-state index is 13.6. The van der Waals surface area contributed by atoms with Crippen molar-refractivity contribution < 1.29 is 9.47 Å². The minimum Gasteiger partial charge on any atom is -0.497 e. The predicted molar refractivity (Wildman–Crippen MR) is 129 cm³/mol. The first-order valence-corrected chi connectivity index (χ1v) is 11.5. The van der Waals surface area contributed by atoms with E-state index in [1.165, 1.54) is 9.13 Å². The van der Waals surface area contributed by atoms with Crippen LogP contribution in [-0.4, -0.2) is 67.9 Å². The summed E-state index contributed by atoms with van der Waals surface area (Å²) < 4.78 is 17.5. The number of hydrogen-bond donors (Lipinski definition) is 0. The van der Waals surface area contributed by atoms with Gasteiger partial charge in [-0.05, 0) is 31.5 Å². The molecule has 1 saturated heterocycles. The van der Waals surface area contributed by atoms with Gasteiger partial charge in [-0.2, -0.15) is 4.98 Å². The van der Waals surface area contributed by atoms with Crippen LogP contribution in [0, 0.1) is 13.8 Å². The van der Waals surface area contributed by atoms with Gasteiger partial charge in [-0.1, -0.05) is 12.1 Å². The van der Waals surface area contributed by atoms with E-state index in [0.717, 1.165) is 35.8 Å². The van der Waals surface area contributed by atoms with Gasteiger partial charge in [0.25, 0.3) is 5.56 Å². The second-order valence-corrected chi connectivity index (χ2v) is 8.78. The third-order valence-corrected chi connectivity index (χ3v) is 6.87. The molecule has 0 bridgehead atoms. The summed E-state index contributed by atoms with van der Waals surface area (Å²) in [4.78, 5) is 33.6. The number of methoxy groups -OCH3 is 1. The molecule has 1 aromatic carbocycles. The molecule has 4 heterocycles. The van der Waals surface area contributed by atoms with Gasteiger partial charge in [0.1, 0.15) is 5.75 Å². The molecule has 180 valence electrons. The first kappa shape index (κ1) is 22.4. The first-order valence-electron chi connectivity index (χ1n) is 11.5. The zero-order valence-electron chi connectivity index (χ0n) is 20.1. The number of nitrogens with zero attached hydrogens (tertiary/aromatic N) is 6. The Morgan fingerprint density at radius 3 is 2.38 bits per heavy atom. The molecule has 0 spiro atoms. The van der Waals surface area contributed by atoms with Gasteiger partial charge in [-0.3, -0.25) is 23.2 Å². The summed E-state index contributed by atoms with van der Waals surface area (Å²) in [5.41, 5.74) is 3.23. The molecular weight excluding hydrogens is 436 g/mol. The molecule has 0 saturated carbocycles. The van der Waals surface area contributed by atoms with Crippen molar-refractivity contribution in [3.8, 4) is 5.75 Å². The Morgan fingerprint density at radius 2 is 1.71 bits per heavy atom. The number of fused-ring (bicyclic) bond motifs is 3. The Balaban J connectivity index is 1.60. The van der Waals surface area contributed by atoms with Crippen LogP contribution in [0.2, 0.25) is 0 Å². The maximum Gasteiger partial charge on any atom is 0.332 e. The lowest BCUT2D eigenvalue weighted by Gasteiger charge is -2.26. The van der Waals surface area contributed by atoms with Crippen molar-refractivity contribution in [2.24, 2.45) is 7.05 Å². The first-order chi connectivity index (χ1) is 16.4. The Morgan fingerprint density at radius 1 is 1.00 bits per heavy atom. The lowest BCUT2D eigenvalue weighted by Crippen LogP contribution is -2.44. The number of morpholine rings is 1. The van der Waals surface area contributed by atoms with Crippen LogP contribution in [0.5, 0.6) is 5.75 Å². The van der Waals surface area contributed by atoms with Crippen LogP contribution in [0.3, 0.4) is 0 Å². The molecule has 10 heteroatoms. The maximum absolute atomic E-state index is 13.6. The average molecular weight is 467 g/mol. The Kier molecular flexibility index (Phi) is 5.78. The van der Waals surface area contributed by atoms with E-state index in [-0.39, 0.29) is 11.2 Å². The smallest absolute Gasteiger partial charge is 0.332 e. The van der Waals surface area contributed by atoms with E-state index in [9.17, 15) is 9.59 Å². The Hall–Kier alpha value is -3.37. The minimum atomic E-state index is -0.345. The molecule has 0 aliphatic carbocycles. The lowest BCUT2D eigenvalue weighted by molar-refractivity contribution is 0.0361. The second-order valence-electron chi connectivity index (χ2n) is 8.78. The van der Waals surface area contributed by atoms with Gasteiger partial charge in [0.2, 0.25) is 5.78 Å². The number of ether oxygens (including phenoxy) is 2. The fraction of sp³-hybridized carbons (Fsp3) is 0.458. The van der Waals surface area contributed by atoms with Gasteiger partial charge in [0, 0.05) is 44.6 Å². The molecule has 10 nitrogen and oxygen atoms in total. The Labute approximate surface area is 196 Å². The van der Waals surface area contributed by atoms with Gasteiger partial charge in [0.15, 0.2) is 11.2 Å². The molecule has 5 rings (SSSR count). The summed E-state index contributed by atoms with van der Waals surface area (Å²) in [6.45, 7) is 8.53. The molecule has 0 amide bonds. The molecule has 1 aliphatic heterocycles. The largest absolute Gasteiger partial charge is 0.497 e. The fourth-order valence-corrected chi connectivity index (χ4v) is 4.68. The van der Waals surface area contributed by atoms with Gasteiger partial charge < -0.3 is 14.0 Å². The number of imidazole rings is 2. The molecule has 3 aromatic heterocycles. The van der Waals surface area contributed by atoms with Crippen LogP contribution in [0.4, 0.5) is 0 Å². The summed E-state index contributed by atoms with van der Waals surface area (Å²) >= 11 is 0. The van der Waals surface area contributed by atoms with Crippen molar-refractivity contribution in [1.82, 2.24) is 28.0 Å². The van der Waals surface area contributed by atoms with Crippen molar-refractivity contribution in [3.63, 3.8) is 0 Å². The zero-order chi connectivity index (χ0) is 24.0. The summed E-state index contributed by atoms with van der Waals surface area (Å²) in [5.74, 6) is 1.45. The molecule has 1 aliphatic rings. The third-order valence-electron chi connectivity index (χ3n) is 6.87. The van der Waals surface area contributed by atoms with Gasteiger partial charge in [-0.15, -0.1) is 0 Å². The van der Waals surface area contributed by atoms with E-state index in [2.05, 4.69) is 9.47 Å². The molecule has 0 radical (unpaired) electrons. The average Bonchev–Trinajstić information content (AvgIpc) is 3.35. The van der Waals surface area contributed by atoms with Gasteiger partial charge in [-0.25, -0.2) is 4.79 Å². The standard InChI is InChI=1S/C24H30N6O4/c1-16-17(2)30-20-21(25-23(30)29(16)15-18-5-7-19(33-4)8-6-18)26(3)24(32)28(22(20)31)10-9-27-11-13-34-14-12-27/h5-8H,9-15H2,1-4H3. The molecular formula is C24H30N6O4. The molecule has 0 atom stereocenters. The number of hydrogen-bond acceptors (Lipinski definition) is 6. The topological polar surface area (TPSA) is 87.9 Å². The summed E-state index contributed by atoms with van der Waals surface area (Å²) in [5, 5.41) is 0.